The molecule has 2 aromatic rings. The van der Waals surface area contributed by atoms with Crippen molar-refractivity contribution in [2.24, 2.45) is 59.2 Å². The van der Waals surface area contributed by atoms with Crippen LogP contribution in [0.3, 0.4) is 0 Å². The summed E-state index contributed by atoms with van der Waals surface area (Å²) in [7, 11) is 39.7. The molecule has 0 aliphatic carbocycles. The normalized spacial score (nSPS) is 12.6. The van der Waals surface area contributed by atoms with Gasteiger partial charge in [0, 0.05) is 119 Å². The van der Waals surface area contributed by atoms with Gasteiger partial charge < -0.3 is 4.57 Å². The zero-order valence-corrected chi connectivity index (χ0v) is 121. The Balaban J connectivity index is -0.000000238. The number of imidazole rings is 1. The molecule has 2 rings (SSSR count). The van der Waals surface area contributed by atoms with Crippen LogP contribution in [0.25, 0.3) is 0 Å². The van der Waals surface area contributed by atoms with E-state index in [1.165, 1.54) is 230 Å². The Morgan fingerprint density at radius 3 is 0.806 bits per heavy atom. The molecule has 6 nitrogen and oxygen atoms in total. The van der Waals surface area contributed by atoms with Gasteiger partial charge in [-0.1, -0.05) is 653 Å². The summed E-state index contributed by atoms with van der Waals surface area (Å²) in [4.78, 5) is 4.37. The van der Waals surface area contributed by atoms with Gasteiger partial charge in [0.15, 0.2) is 5.16 Å². The lowest BCUT2D eigenvalue weighted by Crippen LogP contribution is -2.13. The Labute approximate surface area is 987 Å². The molecule has 0 aliphatic rings. The summed E-state index contributed by atoms with van der Waals surface area (Å²) in [6.45, 7) is 114. The van der Waals surface area contributed by atoms with Gasteiger partial charge in [0.25, 0.3) is 0 Å². The number of aromatic nitrogens is 6. The molecule has 0 N–H and O–H groups in total. The Morgan fingerprint density at radius 2 is 0.472 bits per heavy atom. The lowest BCUT2D eigenvalue weighted by Gasteiger charge is -2.24. The maximum absolute atomic E-state index is 4.37. The first-order valence-electron chi connectivity index (χ1n) is 58.0. The van der Waals surface area contributed by atoms with E-state index in [2.05, 4.69) is 435 Å². The lowest BCUT2D eigenvalue weighted by atomic mass is 10.0. The molecule has 0 spiro atoms. The summed E-state index contributed by atoms with van der Waals surface area (Å²) < 4.78 is 5.49. The molecule has 0 aliphatic heterocycles. The van der Waals surface area contributed by atoms with Crippen molar-refractivity contribution in [3.05, 3.63) is 12.4 Å². The van der Waals surface area contributed by atoms with Gasteiger partial charge in [0.1, 0.15) is 0 Å². The third kappa shape index (κ3) is 151. The zero-order valence-electron chi connectivity index (χ0n) is 104. The Hall–Kier alpha value is 5.28. The van der Waals surface area contributed by atoms with E-state index in [-0.39, 0.29) is 0 Å². The smallest absolute Gasteiger partial charge is 0.219 e. The largest absolute Gasteiger partial charge is 0.325 e. The quantitative estimate of drug-likeness (QED) is 0.0466. The van der Waals surface area contributed by atoms with Crippen LogP contribution in [0.4, 0.5) is 0 Å². The zero-order chi connectivity index (χ0) is 112. The summed E-state index contributed by atoms with van der Waals surface area (Å²) in [5.41, 5.74) is 0. The molecule has 3 atom stereocenters. The van der Waals surface area contributed by atoms with Crippen LogP contribution in [-0.4, -0.2) is 124 Å². The molecule has 3 unspecified atom stereocenters. The first-order chi connectivity index (χ1) is 67.0. The highest BCUT2D eigenvalue weighted by molar-refractivity contribution is 8.79. The number of unbranched alkanes of at least 4 members (excludes halogenated alkanes) is 11. The fraction of sp³-hybridized carbons (Fsp3) is 0.966. The Kier molecular flexibility index (Phi) is 128. The molecule has 2 aromatic heterocycles. The van der Waals surface area contributed by atoms with Gasteiger partial charge in [0.2, 0.25) is 5.16 Å². The van der Waals surface area contributed by atoms with E-state index in [1.54, 1.807) is 32.4 Å². The van der Waals surface area contributed by atoms with Crippen molar-refractivity contribution in [2.45, 2.75) is 670 Å². The molecule has 2 heterocycles. The molecule has 0 radical (unpaired) electrons. The monoisotopic (exact) mass is 2390 g/mol. The first-order valence-corrected chi connectivity index (χ1v) is 80.7. The maximum atomic E-state index is 4.37. The number of aryl methyl sites for hydroxylation is 2. The molecule has 26 heteroatoms. The highest BCUT2D eigenvalue weighted by Crippen LogP contribution is 2.45. The Morgan fingerprint density at radius 1 is 0.229 bits per heavy atom. The van der Waals surface area contributed by atoms with Crippen molar-refractivity contribution in [2.75, 3.05) is 11.5 Å². The highest BCUT2D eigenvalue weighted by Gasteiger charge is 2.23. The minimum atomic E-state index is 0.448. The van der Waals surface area contributed by atoms with Gasteiger partial charge in [-0.2, -0.15) is 0 Å². The van der Waals surface area contributed by atoms with Crippen LogP contribution in [0.5, 0.6) is 0 Å². The average molecular weight is 2390 g/mol. The van der Waals surface area contributed by atoms with Crippen LogP contribution in [0.15, 0.2) is 22.7 Å². The van der Waals surface area contributed by atoms with E-state index in [4.69, 9.17) is 0 Å². The van der Waals surface area contributed by atoms with Crippen molar-refractivity contribution in [1.29, 1.82) is 0 Å². The van der Waals surface area contributed by atoms with Gasteiger partial charge in [-0.15, -0.1) is 5.10 Å². The number of tetrazole rings is 1. The highest BCUT2D eigenvalue weighted by atomic mass is 33.1. The van der Waals surface area contributed by atoms with E-state index in [0.29, 0.717) is 30.7 Å². The SMILES string of the molecule is CC(C)CCCC(C)(C)SSC(C)C.CC(C)CCCC(C)SSC(C)C.CC(C)CCCCC(C)(C)SSC(C)C.CC(C)CCCCC(C)SSC(C)C.CC(C)CCCCCC(C)(C)SSC(C)C.CC(C)CCCCCC(C)SSC(C)C.CC(C)CCCCCCSSC(C)C.CC(C)CCCCCSSC(C)C.CC(C)CCn1ccnc1SSC(C)C.CC(C)CCn1nnnc1SSC(C)C. The number of hydrogen-bond acceptors (Lipinski definition) is 24. The molecule has 0 aromatic carbocycles. The molecular formula is C118H250N6S20. The van der Waals surface area contributed by atoms with Crippen molar-refractivity contribution in [3.8, 4) is 0 Å². The third-order valence-electron chi connectivity index (χ3n) is 20.5. The summed E-state index contributed by atoms with van der Waals surface area (Å²) in [6.07, 6.45) is 52.5. The lowest BCUT2D eigenvalue weighted by molar-refractivity contribution is 0.457. The topological polar surface area (TPSA) is 61.4 Å². The minimum absolute atomic E-state index is 0.448. The van der Waals surface area contributed by atoms with Gasteiger partial charge in [-0.05, 0) is 197 Å². The minimum Gasteiger partial charge on any atom is -0.325 e. The predicted octanol–water partition coefficient (Wildman–Crippen LogP) is 50.8. The van der Waals surface area contributed by atoms with Crippen LogP contribution in [-0.2, 0) is 13.1 Å². The average Bonchev–Trinajstić information content (AvgIpc) is 1.76. The fourth-order valence-electron chi connectivity index (χ4n) is 12.2. The van der Waals surface area contributed by atoms with Crippen molar-refractivity contribution >= 4 is 216 Å². The van der Waals surface area contributed by atoms with Crippen molar-refractivity contribution < 1.29 is 0 Å². The number of nitrogens with zero attached hydrogens (tertiary/aromatic N) is 6. The van der Waals surface area contributed by atoms with Crippen LogP contribution >= 0.6 is 216 Å². The summed E-state index contributed by atoms with van der Waals surface area (Å²) >= 11 is 0. The molecule has 872 valence electrons. The predicted molar refractivity (Wildman–Crippen MR) is 730 cm³/mol. The van der Waals surface area contributed by atoms with Crippen LogP contribution in [0.2, 0.25) is 0 Å². The second-order valence-corrected chi connectivity index (χ2v) is 80.2. The van der Waals surface area contributed by atoms with Gasteiger partial charge in [-0.25, -0.2) is 9.67 Å². The molecule has 0 bridgehead atoms. The number of rotatable bonds is 77. The van der Waals surface area contributed by atoms with Gasteiger partial charge >= 0.3 is 0 Å². The van der Waals surface area contributed by atoms with Crippen molar-refractivity contribution in [1.82, 2.24) is 29.8 Å². The van der Waals surface area contributed by atoms with Crippen molar-refractivity contribution in [3.63, 3.8) is 0 Å². The molecule has 0 fully saturated rings. The van der Waals surface area contributed by atoms with E-state index in [9.17, 15) is 0 Å². The fourth-order valence-corrected chi connectivity index (χ4v) is 33.6. The summed E-state index contributed by atoms with van der Waals surface area (Å²) in [5, 5.41) is 23.5. The molecule has 144 heavy (non-hydrogen) atoms. The standard InChI is InChI=1S/C14H30S2.2C13H28S2.3C12H26S2.C11H20N2S2.2C11H24S2.C9H18N4S2/c1-12(2)10-8-7-9-11-14(5,6)16-15-13(3)4;1-11(2)9-7-8-10-13(5,6)15-14-12(3)4;1-11(2)9-7-6-8-10-13(5)15-14-12(3)4;1-10(2)8-7-9-12(5,6)14-13-11(3)4;1-10(2)8-6-7-9-12(5)14-13-11(3)4;1-11(2)9-7-5-6-8-10-13-14-12(3)4;1-9(2)5-7-13-8-6-12-11(13)15-14-10(3)4;1-9(2)7-6-8-11(5)13-12-10(3)4;1-10(2)8-6-5-7-9-12-13-11(3)4;1-7(2)5-6-13-9(10-11-12-13)15-14-8(3)4/h12-13H,7-11H2,1-6H3;11-12H,7-10H2,1-6H3;11-13H,6-10H2,1-5H3;10-11H,7-9H2,1-6H3;10-12H,6-9H2,1-5H3;11-12H,5-10H2,1-4H3;6,8-10H,5,7H2,1-4H3;9-11H,6-8H2,1-5H3;10-11H,5-9H2,1-4H3;7-8H,5-6H2,1-4H3. The second-order valence-electron chi connectivity index (χ2n) is 48.3. The molecule has 0 amide bonds. The molecule has 0 saturated carbocycles. The molecular weight excluding hydrogens is 2140 g/mol. The van der Waals surface area contributed by atoms with Gasteiger partial charge in [0.05, 0.1) is 0 Å². The molecule has 0 saturated heterocycles. The van der Waals surface area contributed by atoms with Crippen LogP contribution in [0, 0.1) is 59.2 Å². The van der Waals surface area contributed by atoms with Gasteiger partial charge in [-0.3, -0.25) is 0 Å². The van der Waals surface area contributed by atoms with E-state index < -0.39 is 0 Å². The Bertz CT molecular complexity index is 2670. The van der Waals surface area contributed by atoms with Crippen LogP contribution < -0.4 is 0 Å². The van der Waals surface area contributed by atoms with Crippen LogP contribution in [0.1, 0.15) is 564 Å². The summed E-state index contributed by atoms with van der Waals surface area (Å²) in [5.74, 6) is 11.1. The summed E-state index contributed by atoms with van der Waals surface area (Å²) in [6, 6.07) is 0. The number of hydrogen-bond donors (Lipinski definition) is 0. The van der Waals surface area contributed by atoms with E-state index in [0.717, 1.165) is 141 Å². The third-order valence-corrected chi connectivity index (χ3v) is 54.6. The second kappa shape index (κ2) is 112. The maximum Gasteiger partial charge on any atom is 0.219 e. The van der Waals surface area contributed by atoms with E-state index in [1.807, 2.05) is 130 Å². The first kappa shape index (κ1) is 164. The van der Waals surface area contributed by atoms with E-state index >= 15 is 0 Å².